The quantitative estimate of drug-likeness (QED) is 0.0571. The van der Waals surface area contributed by atoms with E-state index in [1.54, 1.807) is 5.57 Å². The molecule has 6 fully saturated rings. The first-order chi connectivity index (χ1) is 50.7. The molecule has 4 N–H and O–H groups in total. The number of amides is 4. The number of allylic oxidation sites excluding steroid dienone is 1. The van der Waals surface area contributed by atoms with Gasteiger partial charge in [0.05, 0.1) is 39.9 Å². The standard InChI is InChI=1S/C25H27N3O2.C24H27N3O3.C19H24N2O2.C17H24N2O2/c26-18-24(19-6-2-1-3-7-19)12-10-20(11-13-24)28-16-14-25(15-17-28)21-8-4-5-9-22(21)27-23(29)30-25;28-23-25-22-9-5-4-8-21(22)24(29-23)14-16-27(17-15-24)19-12-10-18(11-13-19)26-30-20-6-2-1-3-7-20;22-18-20-17-9-5-4-8-16(17)19(23-18)10-12-21(13-11-19)14-15-6-2-1-3-7-15;1-13(2)7-10-19-11-8-17(9-12-19)14-5-3-4-6-15(14)18-16(20)21-17/h1-9,20H,10-17H2,(H,27,29);1-9,19H,10-17H2,(H,25,28);4-6,8-9H,1-3,7,10-14H2,(H,20,22);3-6,13H,7-12H2,1-2H3,(H,18,20). The van der Waals surface area contributed by atoms with Crippen molar-refractivity contribution in [3.63, 3.8) is 0 Å². The average Bonchev–Trinajstić information content (AvgIpc) is 0.768. The average molecular weight is 1410 g/mol. The summed E-state index contributed by atoms with van der Waals surface area (Å²) in [7, 11) is 0. The number of hydrogen-bond acceptors (Lipinski definition) is 15. The van der Waals surface area contributed by atoms with E-state index in [9.17, 15) is 24.4 Å². The maximum Gasteiger partial charge on any atom is 0.412 e. The van der Waals surface area contributed by atoms with Crippen molar-refractivity contribution in [3.05, 3.63) is 197 Å². The topological polar surface area (TPSA) is 212 Å². The minimum absolute atomic E-state index is 0.313. The number of oxime groups is 1. The predicted octanol–water partition coefficient (Wildman–Crippen LogP) is 17.5. The van der Waals surface area contributed by atoms with Gasteiger partial charge in [-0.1, -0.05) is 152 Å². The van der Waals surface area contributed by atoms with Crippen molar-refractivity contribution < 1.29 is 43.0 Å². The number of hydrogen-bond donors (Lipinski definition) is 4. The highest BCUT2D eigenvalue weighted by molar-refractivity contribution is 5.91. The highest BCUT2D eigenvalue weighted by Crippen LogP contribution is 2.49. The third kappa shape index (κ3) is 16.2. The second-order valence-electron chi connectivity index (χ2n) is 30.8. The van der Waals surface area contributed by atoms with Crippen molar-refractivity contribution >= 4 is 52.8 Å². The lowest BCUT2D eigenvalue weighted by Gasteiger charge is -2.48. The molecule has 8 aliphatic heterocycles. The summed E-state index contributed by atoms with van der Waals surface area (Å²) < 4.78 is 23.2. The lowest BCUT2D eigenvalue weighted by molar-refractivity contribution is -0.0498. The monoisotopic (exact) mass is 1410 g/mol. The highest BCUT2D eigenvalue weighted by atomic mass is 16.6. The Morgan fingerprint density at radius 1 is 0.471 bits per heavy atom. The minimum Gasteiger partial charge on any atom is -0.438 e. The van der Waals surface area contributed by atoms with Crippen molar-refractivity contribution in [2.45, 2.75) is 189 Å². The van der Waals surface area contributed by atoms with Gasteiger partial charge in [0.15, 0.2) is 5.75 Å². The molecule has 0 atom stereocenters. The van der Waals surface area contributed by atoms with Gasteiger partial charge in [-0.2, -0.15) is 5.26 Å². The summed E-state index contributed by atoms with van der Waals surface area (Å²) in [5.41, 5.74) is 9.75. The van der Waals surface area contributed by atoms with E-state index in [1.165, 1.54) is 32.1 Å². The van der Waals surface area contributed by atoms with Gasteiger partial charge in [0, 0.05) is 145 Å². The lowest BCUT2D eigenvalue weighted by Crippen LogP contribution is -2.52. The van der Waals surface area contributed by atoms with Gasteiger partial charge in [0.25, 0.3) is 0 Å². The number of nitrogens with zero attached hydrogens (tertiary/aromatic N) is 6. The molecule has 6 aromatic rings. The molecule has 0 bridgehead atoms. The number of likely N-dealkylation sites (tertiary alicyclic amines) is 4. The van der Waals surface area contributed by atoms with Crippen LogP contribution in [-0.2, 0) is 46.8 Å². The smallest absolute Gasteiger partial charge is 0.412 e. The van der Waals surface area contributed by atoms with Crippen LogP contribution in [0.3, 0.4) is 0 Å². The molecule has 0 radical (unpaired) electrons. The molecule has 4 amide bonds. The first-order valence-electron chi connectivity index (χ1n) is 38.4. The van der Waals surface area contributed by atoms with E-state index in [0.29, 0.717) is 12.1 Å². The number of nitriles is 1. The van der Waals surface area contributed by atoms with Gasteiger partial charge in [0.2, 0.25) is 0 Å². The number of benzene rings is 6. The van der Waals surface area contributed by atoms with Crippen LogP contribution in [0.1, 0.15) is 177 Å². The van der Waals surface area contributed by atoms with Crippen molar-refractivity contribution in [3.8, 4) is 11.8 Å². The van der Waals surface area contributed by atoms with Gasteiger partial charge in [-0.25, -0.2) is 19.2 Å². The third-order valence-corrected chi connectivity index (χ3v) is 24.1. The summed E-state index contributed by atoms with van der Waals surface area (Å²) in [5, 5.41) is 25.6. The molecule has 17 rings (SSSR count). The number of fused-ring (bicyclic) bond motifs is 8. The Balaban J connectivity index is 0.000000118. The number of carbonyl (C=O) groups excluding carboxylic acids is 4. The molecule has 8 heterocycles. The van der Waals surface area contributed by atoms with Crippen LogP contribution in [0.5, 0.6) is 5.75 Å². The van der Waals surface area contributed by atoms with Gasteiger partial charge >= 0.3 is 24.4 Å². The molecule has 4 saturated heterocycles. The Morgan fingerprint density at radius 2 is 0.856 bits per heavy atom. The molecule has 3 aliphatic carbocycles. The molecule has 0 aromatic heterocycles. The fourth-order valence-corrected chi connectivity index (χ4v) is 18.1. The van der Waals surface area contributed by atoms with Crippen LogP contribution in [0.4, 0.5) is 41.9 Å². The summed E-state index contributed by atoms with van der Waals surface area (Å²) in [4.78, 5) is 63.7. The Kier molecular flexibility index (Phi) is 22.2. The number of ether oxygens (including phenoxy) is 4. The van der Waals surface area contributed by atoms with E-state index in [0.717, 1.165) is 236 Å². The van der Waals surface area contributed by atoms with E-state index in [-0.39, 0.29) is 29.8 Å². The van der Waals surface area contributed by atoms with Crippen LogP contribution in [0.15, 0.2) is 175 Å². The van der Waals surface area contributed by atoms with Crippen molar-refractivity contribution in [2.24, 2.45) is 11.1 Å². The first-order valence-corrected chi connectivity index (χ1v) is 38.4. The van der Waals surface area contributed by atoms with Crippen molar-refractivity contribution in [2.75, 3.05) is 86.7 Å². The lowest BCUT2D eigenvalue weighted by atomic mass is 9.68. The van der Waals surface area contributed by atoms with Gasteiger partial charge in [-0.15, -0.1) is 0 Å². The van der Waals surface area contributed by atoms with Gasteiger partial charge < -0.3 is 38.5 Å². The van der Waals surface area contributed by atoms with Crippen LogP contribution in [0.25, 0.3) is 0 Å². The van der Waals surface area contributed by atoms with E-state index in [1.807, 2.05) is 121 Å². The fraction of sp³-hybridized carbons (Fsp3) is 0.482. The maximum absolute atomic E-state index is 12.1. The summed E-state index contributed by atoms with van der Waals surface area (Å²) >= 11 is 0. The van der Waals surface area contributed by atoms with Crippen LogP contribution in [-0.4, -0.2) is 127 Å². The number of carbonyl (C=O) groups is 4. The predicted molar refractivity (Wildman–Crippen MR) is 405 cm³/mol. The van der Waals surface area contributed by atoms with Crippen LogP contribution < -0.4 is 26.1 Å². The number of para-hydroxylation sites is 5. The molecule has 2 saturated carbocycles. The van der Waals surface area contributed by atoms with E-state index >= 15 is 0 Å². The Hall–Kier alpha value is -9.06. The van der Waals surface area contributed by atoms with E-state index in [2.05, 4.69) is 108 Å². The SMILES string of the molecule is CC(C)CCN1CCC2(CC1)OC(=O)Nc1ccccc12.N#CC1(c2ccccc2)CCC(N2CCC3(CC2)OC(=O)Nc2ccccc23)CC1.O=C1Nc2ccccc2C2(CCN(C3CCC(=NOc4ccccc4)CC3)CC2)O1.O=C1Nc2ccccc2C2(CCN(CC3=CCCCC3)CC2)O1. The zero-order valence-corrected chi connectivity index (χ0v) is 60.6. The number of nitrogens with one attached hydrogen (secondary N) is 4. The highest BCUT2D eigenvalue weighted by Gasteiger charge is 2.50. The fourth-order valence-electron chi connectivity index (χ4n) is 18.1. The Bertz CT molecular complexity index is 4070. The Morgan fingerprint density at radius 3 is 1.26 bits per heavy atom. The number of rotatable bonds is 10. The maximum atomic E-state index is 12.1. The van der Waals surface area contributed by atoms with Gasteiger partial charge in [-0.05, 0) is 138 Å². The zero-order chi connectivity index (χ0) is 71.6. The Labute approximate surface area is 613 Å². The molecule has 6 aromatic carbocycles. The molecule has 4 spiro atoms. The van der Waals surface area contributed by atoms with Crippen molar-refractivity contribution in [1.29, 1.82) is 5.26 Å². The molecule has 11 aliphatic rings. The molecule has 546 valence electrons. The summed E-state index contributed by atoms with van der Waals surface area (Å²) in [5.74, 6) is 1.52. The molecule has 19 heteroatoms. The largest absolute Gasteiger partial charge is 0.438 e. The van der Waals surface area contributed by atoms with Gasteiger partial charge in [-0.3, -0.25) is 26.2 Å². The number of piperidine rings is 4. The van der Waals surface area contributed by atoms with Crippen LogP contribution in [0, 0.1) is 17.2 Å². The molecule has 0 unspecified atom stereocenters. The first kappa shape index (κ1) is 71.9. The van der Waals surface area contributed by atoms with E-state index in [4.69, 9.17) is 23.8 Å². The number of anilines is 4. The molecule has 104 heavy (non-hydrogen) atoms. The van der Waals surface area contributed by atoms with Gasteiger partial charge in [0.1, 0.15) is 22.4 Å². The zero-order valence-electron chi connectivity index (χ0n) is 60.6. The van der Waals surface area contributed by atoms with Crippen LogP contribution >= 0.6 is 0 Å². The molecular formula is C85H102N10O9. The third-order valence-electron chi connectivity index (χ3n) is 24.1. The normalized spacial score (nSPS) is 24.3. The summed E-state index contributed by atoms with van der Waals surface area (Å²) in [6, 6.07) is 55.8. The summed E-state index contributed by atoms with van der Waals surface area (Å²) in [6.45, 7) is 14.4. The minimum atomic E-state index is -0.509. The van der Waals surface area contributed by atoms with E-state index < -0.39 is 22.4 Å². The molecule has 19 nitrogen and oxygen atoms in total. The van der Waals surface area contributed by atoms with Crippen LogP contribution in [0.2, 0.25) is 0 Å². The van der Waals surface area contributed by atoms with Crippen molar-refractivity contribution in [1.82, 2.24) is 19.6 Å². The second-order valence-corrected chi connectivity index (χ2v) is 30.8. The summed E-state index contributed by atoms with van der Waals surface area (Å²) in [6.07, 6.45) is 22.4. The molecular weight excluding hydrogens is 1300 g/mol. The second kappa shape index (κ2) is 32.1.